The van der Waals surface area contributed by atoms with Crippen LogP contribution in [0, 0.1) is 12.7 Å². The highest BCUT2D eigenvalue weighted by Crippen LogP contribution is 2.24. The van der Waals surface area contributed by atoms with Crippen LogP contribution in [-0.2, 0) is 0 Å². The number of hydrogen-bond acceptors (Lipinski definition) is 3. The number of nitrogens with two attached hydrogens (primary N) is 1. The molecule has 0 saturated heterocycles. The van der Waals surface area contributed by atoms with Crippen LogP contribution in [0.4, 0.5) is 10.1 Å². The van der Waals surface area contributed by atoms with E-state index in [4.69, 9.17) is 10.2 Å². The molecule has 0 aliphatic rings. The number of aryl methyl sites for hydroxylation is 1. The Morgan fingerprint density at radius 2 is 2.15 bits per heavy atom. The first-order valence-electron chi connectivity index (χ1n) is 6.00. The lowest BCUT2D eigenvalue weighted by Gasteiger charge is -2.13. The summed E-state index contributed by atoms with van der Waals surface area (Å²) in [6, 6.07) is 5.80. The van der Waals surface area contributed by atoms with E-state index < -0.39 is 5.82 Å². The van der Waals surface area contributed by atoms with Crippen molar-refractivity contribution >= 4 is 27.5 Å². The summed E-state index contributed by atoms with van der Waals surface area (Å²) >= 11 is 3.15. The number of anilines is 1. The first-order chi connectivity index (χ1) is 9.38. The lowest BCUT2D eigenvalue weighted by Crippen LogP contribution is -2.26. The summed E-state index contributed by atoms with van der Waals surface area (Å²) < 4.78 is 19.0. The highest BCUT2D eigenvalue weighted by atomic mass is 79.9. The number of carbonyl (C=O) groups is 1. The molecule has 1 heterocycles. The van der Waals surface area contributed by atoms with Gasteiger partial charge in [0.05, 0.1) is 17.3 Å². The summed E-state index contributed by atoms with van der Waals surface area (Å²) in [6.45, 7) is 3.63. The molecule has 1 aromatic heterocycles. The van der Waals surface area contributed by atoms with Gasteiger partial charge in [-0.2, -0.15) is 0 Å². The normalized spacial score (nSPS) is 12.2. The summed E-state index contributed by atoms with van der Waals surface area (Å²) in [5.74, 6) is 0.503. The molecule has 0 aliphatic heterocycles. The summed E-state index contributed by atoms with van der Waals surface area (Å²) in [6.07, 6.45) is 0. The maximum absolute atomic E-state index is 13.3. The Kier molecular flexibility index (Phi) is 4.13. The number of amides is 1. The fourth-order valence-electron chi connectivity index (χ4n) is 1.77. The van der Waals surface area contributed by atoms with Gasteiger partial charge in [-0.15, -0.1) is 0 Å². The summed E-state index contributed by atoms with van der Waals surface area (Å²) in [7, 11) is 0. The van der Waals surface area contributed by atoms with Crippen LogP contribution >= 0.6 is 15.9 Å². The van der Waals surface area contributed by atoms with E-state index in [9.17, 15) is 9.18 Å². The van der Waals surface area contributed by atoms with Gasteiger partial charge in [0.2, 0.25) is 0 Å². The van der Waals surface area contributed by atoms with Crippen molar-refractivity contribution in [2.75, 3.05) is 5.73 Å². The molecule has 20 heavy (non-hydrogen) atoms. The first kappa shape index (κ1) is 14.6. The van der Waals surface area contributed by atoms with E-state index in [1.807, 2.05) is 13.0 Å². The molecule has 106 valence electrons. The molecule has 6 heteroatoms. The average molecular weight is 341 g/mol. The number of furan rings is 1. The van der Waals surface area contributed by atoms with E-state index in [0.717, 1.165) is 5.76 Å². The van der Waals surface area contributed by atoms with Crippen LogP contribution in [0.5, 0.6) is 0 Å². The van der Waals surface area contributed by atoms with E-state index in [1.54, 1.807) is 13.0 Å². The van der Waals surface area contributed by atoms with Gasteiger partial charge in [-0.05, 0) is 54.0 Å². The maximum Gasteiger partial charge on any atom is 0.253 e. The van der Waals surface area contributed by atoms with Gasteiger partial charge in [0.15, 0.2) is 0 Å². The lowest BCUT2D eigenvalue weighted by molar-refractivity contribution is 0.0934. The number of carbonyl (C=O) groups excluding carboxylic acids is 1. The van der Waals surface area contributed by atoms with E-state index in [0.29, 0.717) is 10.2 Å². The van der Waals surface area contributed by atoms with Crippen LogP contribution in [0.25, 0.3) is 0 Å². The number of benzene rings is 1. The summed E-state index contributed by atoms with van der Waals surface area (Å²) in [5.41, 5.74) is 5.69. The zero-order chi connectivity index (χ0) is 14.9. The molecule has 4 nitrogen and oxygen atoms in total. The Morgan fingerprint density at radius 1 is 1.45 bits per heavy atom. The Morgan fingerprint density at radius 3 is 2.75 bits per heavy atom. The van der Waals surface area contributed by atoms with E-state index in [2.05, 4.69) is 21.2 Å². The van der Waals surface area contributed by atoms with Crippen LogP contribution in [-0.4, -0.2) is 5.91 Å². The van der Waals surface area contributed by atoms with Gasteiger partial charge in [-0.3, -0.25) is 4.79 Å². The largest absolute Gasteiger partial charge is 0.464 e. The van der Waals surface area contributed by atoms with E-state index >= 15 is 0 Å². The molecule has 0 spiro atoms. The van der Waals surface area contributed by atoms with Crippen molar-refractivity contribution in [3.05, 3.63) is 51.6 Å². The predicted molar refractivity (Wildman–Crippen MR) is 77.8 cm³/mol. The summed E-state index contributed by atoms with van der Waals surface area (Å²) in [5, 5.41) is 2.77. The van der Waals surface area contributed by atoms with Gasteiger partial charge in [0, 0.05) is 4.47 Å². The van der Waals surface area contributed by atoms with Crippen molar-refractivity contribution in [3.63, 3.8) is 0 Å². The maximum atomic E-state index is 13.3. The fourth-order valence-corrected chi connectivity index (χ4v) is 2.27. The Bertz CT molecular complexity index is 655. The second kappa shape index (κ2) is 5.66. The van der Waals surface area contributed by atoms with Crippen LogP contribution in [0.2, 0.25) is 0 Å². The molecule has 2 rings (SSSR count). The lowest BCUT2D eigenvalue weighted by atomic mass is 10.1. The molecule has 1 unspecified atom stereocenters. The molecule has 0 saturated carbocycles. The molecule has 2 aromatic rings. The van der Waals surface area contributed by atoms with E-state index in [-0.39, 0.29) is 23.2 Å². The fraction of sp³-hybridized carbons (Fsp3) is 0.214. The molecule has 0 fully saturated rings. The van der Waals surface area contributed by atoms with Crippen molar-refractivity contribution < 1.29 is 13.6 Å². The minimum Gasteiger partial charge on any atom is -0.464 e. The topological polar surface area (TPSA) is 68.3 Å². The second-order valence-electron chi connectivity index (χ2n) is 4.50. The van der Waals surface area contributed by atoms with Crippen LogP contribution < -0.4 is 11.1 Å². The molecular formula is C14H14BrFN2O2. The minimum atomic E-state index is -0.567. The van der Waals surface area contributed by atoms with E-state index in [1.165, 1.54) is 12.1 Å². The van der Waals surface area contributed by atoms with Crippen molar-refractivity contribution in [1.82, 2.24) is 5.32 Å². The third kappa shape index (κ3) is 3.01. The molecule has 1 atom stereocenters. The number of hydrogen-bond donors (Lipinski definition) is 2. The third-order valence-corrected chi connectivity index (χ3v) is 3.52. The third-order valence-electron chi connectivity index (χ3n) is 2.87. The molecule has 3 N–H and O–H groups in total. The van der Waals surface area contributed by atoms with Crippen molar-refractivity contribution in [3.8, 4) is 0 Å². The molecule has 0 bridgehead atoms. The van der Waals surface area contributed by atoms with Crippen LogP contribution in [0.1, 0.15) is 34.8 Å². The summed E-state index contributed by atoms with van der Waals surface area (Å²) in [4.78, 5) is 12.2. The second-order valence-corrected chi connectivity index (χ2v) is 5.35. The van der Waals surface area contributed by atoms with Crippen LogP contribution in [0.3, 0.4) is 0 Å². The number of nitrogens with one attached hydrogen (secondary N) is 1. The standard InChI is InChI=1S/C14H14BrFN2O2/c1-7-3-4-13(20-7)8(2)18-14(19)9-5-12(17)11(16)6-10(9)15/h3-6,8H,17H2,1-2H3,(H,18,19). The smallest absolute Gasteiger partial charge is 0.253 e. The SMILES string of the molecule is Cc1ccc(C(C)NC(=O)c2cc(N)c(F)cc2Br)o1. The van der Waals surface area contributed by atoms with Gasteiger partial charge < -0.3 is 15.5 Å². The first-order valence-corrected chi connectivity index (χ1v) is 6.79. The van der Waals surface area contributed by atoms with Crippen molar-refractivity contribution in [2.45, 2.75) is 19.9 Å². The van der Waals surface area contributed by atoms with Gasteiger partial charge in [-0.25, -0.2) is 4.39 Å². The van der Waals surface area contributed by atoms with Crippen molar-refractivity contribution in [1.29, 1.82) is 0 Å². The molecule has 0 aliphatic carbocycles. The Labute approximate surface area is 124 Å². The van der Waals surface area contributed by atoms with Gasteiger partial charge in [0.1, 0.15) is 17.3 Å². The number of rotatable bonds is 3. The zero-order valence-electron chi connectivity index (χ0n) is 11.0. The quantitative estimate of drug-likeness (QED) is 0.839. The molecule has 1 aromatic carbocycles. The van der Waals surface area contributed by atoms with Crippen LogP contribution in [0.15, 0.2) is 33.2 Å². The van der Waals surface area contributed by atoms with Gasteiger partial charge in [0.25, 0.3) is 5.91 Å². The zero-order valence-corrected chi connectivity index (χ0v) is 12.6. The monoisotopic (exact) mass is 340 g/mol. The van der Waals surface area contributed by atoms with Crippen molar-refractivity contribution in [2.24, 2.45) is 0 Å². The van der Waals surface area contributed by atoms with Gasteiger partial charge >= 0.3 is 0 Å². The highest BCUT2D eigenvalue weighted by Gasteiger charge is 2.17. The predicted octanol–water partition coefficient (Wildman–Crippen LogP) is 3.56. The minimum absolute atomic E-state index is 0.0696. The molecular weight excluding hydrogens is 327 g/mol. The Hall–Kier alpha value is -1.82. The Balaban J connectivity index is 2.18. The average Bonchev–Trinajstić information content (AvgIpc) is 2.80. The molecule has 0 radical (unpaired) electrons. The highest BCUT2D eigenvalue weighted by molar-refractivity contribution is 9.10. The molecule has 1 amide bonds. The number of halogens is 2. The van der Waals surface area contributed by atoms with Gasteiger partial charge in [-0.1, -0.05) is 0 Å². The number of nitrogen functional groups attached to an aromatic ring is 1.